The smallest absolute Gasteiger partial charge is 0.347 e. The molecule has 0 aromatic rings. The van der Waals surface area contributed by atoms with E-state index in [0.717, 1.165) is 18.4 Å². The van der Waals surface area contributed by atoms with Crippen LogP contribution in [0.5, 0.6) is 0 Å². The molecule has 2 fully saturated rings. The molecule has 0 saturated heterocycles. The van der Waals surface area contributed by atoms with Crippen molar-refractivity contribution < 1.29 is 32.0 Å². The Kier molecular flexibility index (Phi) is 9.88. The number of carbonyl (C=O) groups excluding carboxylic acids is 2. The molecule has 6 nitrogen and oxygen atoms in total. The Morgan fingerprint density at radius 1 is 1.33 bits per heavy atom. The Morgan fingerprint density at radius 3 is 2.79 bits per heavy atom. The first kappa shape index (κ1) is 24.0. The topological polar surface area (TPSA) is 93.1 Å². The van der Waals surface area contributed by atoms with Gasteiger partial charge in [0.05, 0.1) is 18.8 Å². The molecular formula is C27H40O6. The number of aliphatic hydroxyl groups excluding tert-OH is 2. The molecule has 184 valence electrons. The predicted molar refractivity (Wildman–Crippen MR) is 127 cm³/mol. The summed E-state index contributed by atoms with van der Waals surface area (Å²) in [5.74, 6) is 4.96. The molecule has 0 aromatic carbocycles. The molecule has 6 heteroatoms. The Labute approximate surface area is 201 Å². The zero-order valence-electron chi connectivity index (χ0n) is 22.3. The van der Waals surface area contributed by atoms with Crippen LogP contribution in [-0.2, 0) is 19.1 Å². The number of carbonyl (C=O) groups is 2. The van der Waals surface area contributed by atoms with Gasteiger partial charge in [0.25, 0.3) is 0 Å². The molecule has 2 N–H and O–H groups in total. The first-order valence-corrected chi connectivity index (χ1v) is 12.0. The van der Waals surface area contributed by atoms with Crippen molar-refractivity contribution in [1.82, 2.24) is 0 Å². The predicted octanol–water partition coefficient (Wildman–Crippen LogP) is 3.95. The van der Waals surface area contributed by atoms with Crippen LogP contribution < -0.4 is 0 Å². The lowest BCUT2D eigenvalue weighted by atomic mass is 9.89. The zero-order valence-corrected chi connectivity index (χ0v) is 20.3. The molecule has 33 heavy (non-hydrogen) atoms. The largest absolute Gasteiger partial charge is 0.463 e. The monoisotopic (exact) mass is 462 g/mol. The lowest BCUT2D eigenvalue weighted by Crippen LogP contribution is -2.26. The first-order valence-electron chi connectivity index (χ1n) is 13.0. The van der Waals surface area contributed by atoms with Crippen LogP contribution in [0.25, 0.3) is 0 Å². The number of rotatable bonds is 11. The highest BCUT2D eigenvalue weighted by molar-refractivity contribution is 5.78. The molecule has 2 aliphatic rings. The minimum absolute atomic E-state index is 0.0151. The van der Waals surface area contributed by atoms with Gasteiger partial charge in [-0.15, -0.1) is 11.8 Å². The number of ether oxygens (including phenoxy) is 2. The zero-order chi connectivity index (χ0) is 26.2. The Balaban J connectivity index is 1.90. The van der Waals surface area contributed by atoms with Gasteiger partial charge in [-0.3, -0.25) is 4.79 Å². The van der Waals surface area contributed by atoms with E-state index in [9.17, 15) is 19.8 Å². The summed E-state index contributed by atoms with van der Waals surface area (Å²) in [6, 6.07) is 0. The van der Waals surface area contributed by atoms with E-state index in [0.29, 0.717) is 18.8 Å². The molecule has 0 spiro atoms. The molecule has 0 aliphatic heterocycles. The van der Waals surface area contributed by atoms with E-state index in [1.165, 1.54) is 6.92 Å². The second kappa shape index (κ2) is 13.6. The maximum Gasteiger partial charge on any atom is 0.347 e. The second-order valence-corrected chi connectivity index (χ2v) is 9.07. The van der Waals surface area contributed by atoms with Gasteiger partial charge in [0, 0.05) is 21.5 Å². The molecule has 2 aliphatic carbocycles. The van der Waals surface area contributed by atoms with Gasteiger partial charge >= 0.3 is 11.9 Å². The van der Waals surface area contributed by atoms with Gasteiger partial charge in [-0.25, -0.2) is 4.79 Å². The van der Waals surface area contributed by atoms with Crippen LogP contribution in [0, 0.1) is 35.5 Å². The highest BCUT2D eigenvalue weighted by Crippen LogP contribution is 2.50. The SMILES string of the molecule is [2H]C([2H])(C/C=C1\C[C@H]2C[C@@H](O)[C@H](/C=C/[C@@H](O)C(C)CC#CC)[C@H]2C1)CC(=O)O[C@@H](C)C(=O)OCC. The van der Waals surface area contributed by atoms with E-state index in [4.69, 9.17) is 12.2 Å². The van der Waals surface area contributed by atoms with Crippen LogP contribution in [0.3, 0.4) is 0 Å². The van der Waals surface area contributed by atoms with Gasteiger partial charge < -0.3 is 19.7 Å². The van der Waals surface area contributed by atoms with E-state index >= 15 is 0 Å². The van der Waals surface area contributed by atoms with Crippen molar-refractivity contribution in [3.05, 3.63) is 23.8 Å². The number of hydrogen-bond donors (Lipinski definition) is 2. The second-order valence-electron chi connectivity index (χ2n) is 9.07. The maximum atomic E-state index is 12.1. The highest BCUT2D eigenvalue weighted by Gasteiger charge is 2.45. The lowest BCUT2D eigenvalue weighted by molar-refractivity contribution is -0.166. The molecule has 7 atom stereocenters. The van der Waals surface area contributed by atoms with E-state index < -0.39 is 43.0 Å². The fraction of sp³-hybridized carbons (Fsp3) is 0.704. The van der Waals surface area contributed by atoms with E-state index in [2.05, 4.69) is 11.8 Å². The Hall–Kier alpha value is -2.10. The van der Waals surface area contributed by atoms with Crippen LogP contribution in [0.4, 0.5) is 0 Å². The number of esters is 2. The van der Waals surface area contributed by atoms with Crippen LogP contribution in [0.1, 0.15) is 75.3 Å². The summed E-state index contributed by atoms with van der Waals surface area (Å²) in [5, 5.41) is 20.9. The van der Waals surface area contributed by atoms with E-state index in [1.807, 2.05) is 19.1 Å². The molecule has 0 heterocycles. The summed E-state index contributed by atoms with van der Waals surface area (Å²) in [6.07, 6.45) is 4.18. The third-order valence-corrected chi connectivity index (χ3v) is 6.56. The van der Waals surface area contributed by atoms with Gasteiger partial charge in [0.15, 0.2) is 6.10 Å². The molecule has 2 rings (SSSR count). The molecule has 0 aromatic heterocycles. The molecule has 1 unspecified atom stereocenters. The van der Waals surface area contributed by atoms with Crippen molar-refractivity contribution >= 4 is 11.9 Å². The van der Waals surface area contributed by atoms with Crippen molar-refractivity contribution in [1.29, 1.82) is 0 Å². The van der Waals surface area contributed by atoms with Crippen molar-refractivity contribution in [2.75, 3.05) is 6.61 Å². The third kappa shape index (κ3) is 8.32. The molecule has 2 saturated carbocycles. The van der Waals surface area contributed by atoms with Crippen molar-refractivity contribution in [3.8, 4) is 11.8 Å². The van der Waals surface area contributed by atoms with Gasteiger partial charge in [-0.2, -0.15) is 0 Å². The highest BCUT2D eigenvalue weighted by atomic mass is 16.6. The summed E-state index contributed by atoms with van der Waals surface area (Å²) < 4.78 is 26.2. The van der Waals surface area contributed by atoms with Gasteiger partial charge in [-0.1, -0.05) is 30.7 Å². The average molecular weight is 463 g/mol. The summed E-state index contributed by atoms with van der Waals surface area (Å²) in [7, 11) is 0. The first-order chi connectivity index (χ1) is 16.5. The summed E-state index contributed by atoms with van der Waals surface area (Å²) in [5.41, 5.74) is 1.13. The molecule has 0 bridgehead atoms. The maximum absolute atomic E-state index is 12.1. The van der Waals surface area contributed by atoms with Crippen molar-refractivity contribution in [3.63, 3.8) is 0 Å². The molecule has 0 radical (unpaired) electrons. The number of aliphatic hydroxyl groups is 2. The average Bonchev–Trinajstić information content (AvgIpc) is 3.30. The van der Waals surface area contributed by atoms with Gasteiger partial charge in [0.2, 0.25) is 0 Å². The summed E-state index contributed by atoms with van der Waals surface area (Å²) in [6.45, 7) is 6.97. The minimum atomic E-state index is -1.80. The van der Waals surface area contributed by atoms with Crippen LogP contribution >= 0.6 is 0 Å². The van der Waals surface area contributed by atoms with Crippen molar-refractivity contribution in [2.45, 2.75) is 90.9 Å². The fourth-order valence-corrected chi connectivity index (χ4v) is 4.69. The normalized spacial score (nSPS) is 29.5. The Bertz CT molecular complexity index is 855. The summed E-state index contributed by atoms with van der Waals surface area (Å²) >= 11 is 0. The Morgan fingerprint density at radius 2 is 2.09 bits per heavy atom. The number of allylic oxidation sites excluding steroid dienone is 2. The van der Waals surface area contributed by atoms with Crippen LogP contribution in [-0.4, -0.2) is 47.1 Å². The number of fused-ring (bicyclic) bond motifs is 1. The summed E-state index contributed by atoms with van der Waals surface area (Å²) in [4.78, 5) is 23.7. The van der Waals surface area contributed by atoms with Gasteiger partial charge in [0.1, 0.15) is 0 Å². The third-order valence-electron chi connectivity index (χ3n) is 6.56. The number of hydrogen-bond acceptors (Lipinski definition) is 6. The van der Waals surface area contributed by atoms with Crippen molar-refractivity contribution in [2.24, 2.45) is 23.7 Å². The quantitative estimate of drug-likeness (QED) is 0.274. The van der Waals surface area contributed by atoms with Crippen LogP contribution in [0.2, 0.25) is 0 Å². The van der Waals surface area contributed by atoms with E-state index in [-0.39, 0.29) is 30.8 Å². The van der Waals surface area contributed by atoms with Gasteiger partial charge in [-0.05, 0) is 70.6 Å². The minimum Gasteiger partial charge on any atom is -0.463 e. The fourth-order valence-electron chi connectivity index (χ4n) is 4.69. The van der Waals surface area contributed by atoms with Crippen LogP contribution in [0.15, 0.2) is 23.8 Å². The lowest BCUT2D eigenvalue weighted by Gasteiger charge is -2.19. The standard InChI is InChI=1S/C27H40O6/c1-5-7-10-18(3)24(28)14-13-22-23-16-20(15-21(23)17-25(22)29)11-8-9-12-26(30)33-19(4)27(31)32-6-2/h11,13-14,18-19,21-25,28-29H,6,8-10,12,15-17H2,1-4H3/b14-13+,20-11+/t18?,19-,21-,22+,23-,24+,25+/m0/s1/i9D2. The van der Waals surface area contributed by atoms with E-state index in [1.54, 1.807) is 19.9 Å². The molecular weight excluding hydrogens is 420 g/mol. The molecule has 0 amide bonds.